The van der Waals surface area contributed by atoms with Gasteiger partial charge in [-0.05, 0) is 33.3 Å². The first-order valence-corrected chi connectivity index (χ1v) is 10.5. The Morgan fingerprint density at radius 3 is 2.68 bits per heavy atom. The van der Waals surface area contributed by atoms with E-state index in [1.165, 1.54) is 11.1 Å². The zero-order valence-corrected chi connectivity index (χ0v) is 17.5. The van der Waals surface area contributed by atoms with Crippen molar-refractivity contribution in [3.63, 3.8) is 0 Å². The Hall–Kier alpha value is -1.89. The van der Waals surface area contributed by atoms with Gasteiger partial charge in [0, 0.05) is 69.2 Å². The smallest absolute Gasteiger partial charge is 0.123 e. The van der Waals surface area contributed by atoms with Crippen molar-refractivity contribution in [2.24, 2.45) is 0 Å². The van der Waals surface area contributed by atoms with Crippen molar-refractivity contribution in [3.8, 4) is 5.75 Å². The number of aromatic nitrogens is 2. The van der Waals surface area contributed by atoms with Gasteiger partial charge in [0.05, 0.1) is 12.3 Å². The van der Waals surface area contributed by atoms with Crippen LogP contribution in [0.4, 0.5) is 0 Å². The largest absolute Gasteiger partial charge is 0.494 e. The van der Waals surface area contributed by atoms with Gasteiger partial charge in [0.2, 0.25) is 0 Å². The molecule has 1 atom stereocenters. The standard InChI is InChI=1S/C22H34N4O2/c1-4-26-16-20(18(3)23-26)14-24-11-12-25(21(17-24)10-13-27)15-19-8-6-7-9-22(19)28-5-2/h6-9,16,21,27H,4-5,10-15,17H2,1-3H3/t21-/m0/s1. The molecule has 1 N–H and O–H groups in total. The zero-order chi connectivity index (χ0) is 19.9. The minimum absolute atomic E-state index is 0.217. The first-order valence-electron chi connectivity index (χ1n) is 10.5. The van der Waals surface area contributed by atoms with Crippen molar-refractivity contribution in [1.82, 2.24) is 19.6 Å². The minimum Gasteiger partial charge on any atom is -0.494 e. The lowest BCUT2D eigenvalue weighted by Crippen LogP contribution is -2.52. The number of piperazine rings is 1. The molecule has 0 aliphatic carbocycles. The number of hydrogen-bond acceptors (Lipinski definition) is 5. The fourth-order valence-electron chi connectivity index (χ4n) is 4.00. The second kappa shape index (κ2) is 10.0. The molecule has 3 rings (SSSR count). The molecule has 0 bridgehead atoms. The second-order valence-electron chi connectivity index (χ2n) is 7.51. The van der Waals surface area contributed by atoms with E-state index in [0.29, 0.717) is 12.6 Å². The van der Waals surface area contributed by atoms with E-state index in [0.717, 1.165) is 57.1 Å². The van der Waals surface area contributed by atoms with Gasteiger partial charge in [-0.3, -0.25) is 14.5 Å². The highest BCUT2D eigenvalue weighted by atomic mass is 16.5. The Balaban J connectivity index is 1.66. The summed E-state index contributed by atoms with van der Waals surface area (Å²) in [5, 5.41) is 14.2. The molecule has 1 fully saturated rings. The van der Waals surface area contributed by atoms with Crippen LogP contribution in [0.15, 0.2) is 30.5 Å². The Labute approximate surface area is 168 Å². The molecule has 1 saturated heterocycles. The van der Waals surface area contributed by atoms with Gasteiger partial charge >= 0.3 is 0 Å². The van der Waals surface area contributed by atoms with Gasteiger partial charge in [0.25, 0.3) is 0 Å². The number of ether oxygens (including phenoxy) is 1. The highest BCUT2D eigenvalue weighted by molar-refractivity contribution is 5.33. The van der Waals surface area contributed by atoms with Crippen LogP contribution in [0, 0.1) is 6.92 Å². The summed E-state index contributed by atoms with van der Waals surface area (Å²) in [6.07, 6.45) is 2.96. The average Bonchev–Trinajstić information content (AvgIpc) is 3.05. The van der Waals surface area contributed by atoms with E-state index in [9.17, 15) is 5.11 Å². The lowest BCUT2D eigenvalue weighted by atomic mass is 10.1. The fraction of sp³-hybridized carbons (Fsp3) is 0.591. The summed E-state index contributed by atoms with van der Waals surface area (Å²) in [6.45, 7) is 12.8. The predicted octanol–water partition coefficient (Wildman–Crippen LogP) is 2.68. The number of aliphatic hydroxyl groups is 1. The molecule has 2 heterocycles. The van der Waals surface area contributed by atoms with Crippen molar-refractivity contribution in [2.75, 3.05) is 32.8 Å². The average molecular weight is 387 g/mol. The fourth-order valence-corrected chi connectivity index (χ4v) is 4.00. The summed E-state index contributed by atoms with van der Waals surface area (Å²) in [4.78, 5) is 4.99. The van der Waals surface area contributed by atoms with E-state index < -0.39 is 0 Å². The maximum atomic E-state index is 9.61. The van der Waals surface area contributed by atoms with E-state index in [-0.39, 0.29) is 6.61 Å². The predicted molar refractivity (Wildman–Crippen MR) is 111 cm³/mol. The zero-order valence-electron chi connectivity index (χ0n) is 17.5. The van der Waals surface area contributed by atoms with Crippen LogP contribution in [0.1, 0.15) is 37.1 Å². The summed E-state index contributed by atoms with van der Waals surface area (Å²) >= 11 is 0. The van der Waals surface area contributed by atoms with E-state index in [2.05, 4.69) is 47.1 Å². The van der Waals surface area contributed by atoms with E-state index in [1.807, 2.05) is 23.7 Å². The Bertz CT molecular complexity index is 746. The SMILES string of the molecule is CCOc1ccccc1CN1CCN(Cc2cn(CC)nc2C)C[C@@H]1CCO. The summed E-state index contributed by atoms with van der Waals surface area (Å²) in [5.74, 6) is 0.970. The highest BCUT2D eigenvalue weighted by Gasteiger charge is 2.27. The van der Waals surface area contributed by atoms with Gasteiger partial charge in [-0.25, -0.2) is 0 Å². The number of aryl methyl sites for hydroxylation is 2. The highest BCUT2D eigenvalue weighted by Crippen LogP contribution is 2.24. The molecule has 0 radical (unpaired) electrons. The summed E-state index contributed by atoms with van der Waals surface area (Å²) < 4.78 is 7.81. The minimum atomic E-state index is 0.217. The number of benzene rings is 1. The molecule has 1 aliphatic rings. The number of para-hydroxylation sites is 1. The molecule has 1 aliphatic heterocycles. The lowest BCUT2D eigenvalue weighted by Gasteiger charge is -2.41. The number of aliphatic hydroxyl groups excluding tert-OH is 1. The van der Waals surface area contributed by atoms with Crippen LogP contribution in [0.3, 0.4) is 0 Å². The van der Waals surface area contributed by atoms with Crippen LogP contribution < -0.4 is 4.74 Å². The summed E-state index contributed by atoms with van der Waals surface area (Å²) in [6, 6.07) is 8.63. The van der Waals surface area contributed by atoms with Crippen molar-refractivity contribution in [1.29, 1.82) is 0 Å². The molecule has 0 amide bonds. The van der Waals surface area contributed by atoms with Crippen LogP contribution >= 0.6 is 0 Å². The molecule has 0 unspecified atom stereocenters. The van der Waals surface area contributed by atoms with E-state index in [1.54, 1.807) is 0 Å². The van der Waals surface area contributed by atoms with Crippen molar-refractivity contribution in [3.05, 3.63) is 47.3 Å². The third-order valence-corrected chi connectivity index (χ3v) is 5.56. The molecule has 0 saturated carbocycles. The quantitative estimate of drug-likeness (QED) is 0.718. The maximum absolute atomic E-state index is 9.61. The van der Waals surface area contributed by atoms with Crippen molar-refractivity contribution >= 4 is 0 Å². The first-order chi connectivity index (χ1) is 13.6. The molecule has 1 aromatic heterocycles. The summed E-state index contributed by atoms with van der Waals surface area (Å²) in [7, 11) is 0. The molecule has 154 valence electrons. The Kier molecular flexibility index (Phi) is 7.48. The number of rotatable bonds is 9. The van der Waals surface area contributed by atoms with Crippen molar-refractivity contribution < 1.29 is 9.84 Å². The third kappa shape index (κ3) is 5.13. The molecule has 2 aromatic rings. The van der Waals surface area contributed by atoms with Gasteiger partial charge in [-0.1, -0.05) is 18.2 Å². The molecule has 28 heavy (non-hydrogen) atoms. The molecule has 6 heteroatoms. The topological polar surface area (TPSA) is 53.8 Å². The maximum Gasteiger partial charge on any atom is 0.123 e. The van der Waals surface area contributed by atoms with E-state index >= 15 is 0 Å². The second-order valence-corrected chi connectivity index (χ2v) is 7.51. The first kappa shape index (κ1) is 20.8. The van der Waals surface area contributed by atoms with Gasteiger partial charge in [-0.2, -0.15) is 5.10 Å². The van der Waals surface area contributed by atoms with Crippen LogP contribution in [0.25, 0.3) is 0 Å². The van der Waals surface area contributed by atoms with Crippen LogP contribution in [0.2, 0.25) is 0 Å². The third-order valence-electron chi connectivity index (χ3n) is 5.56. The van der Waals surface area contributed by atoms with Crippen LogP contribution in [0.5, 0.6) is 5.75 Å². The summed E-state index contributed by atoms with van der Waals surface area (Å²) in [5.41, 5.74) is 3.65. The van der Waals surface area contributed by atoms with Gasteiger partial charge in [-0.15, -0.1) is 0 Å². The van der Waals surface area contributed by atoms with Gasteiger partial charge < -0.3 is 9.84 Å². The van der Waals surface area contributed by atoms with Gasteiger partial charge in [0.1, 0.15) is 5.75 Å². The molecule has 0 spiro atoms. The number of nitrogens with zero attached hydrogens (tertiary/aromatic N) is 4. The van der Waals surface area contributed by atoms with Crippen molar-refractivity contribution in [2.45, 2.75) is 52.9 Å². The lowest BCUT2D eigenvalue weighted by molar-refractivity contribution is 0.0493. The molecule has 6 nitrogen and oxygen atoms in total. The van der Waals surface area contributed by atoms with Crippen LogP contribution in [-0.2, 0) is 19.6 Å². The number of hydrogen-bond donors (Lipinski definition) is 1. The Morgan fingerprint density at radius 1 is 1.14 bits per heavy atom. The molecule has 1 aromatic carbocycles. The Morgan fingerprint density at radius 2 is 1.96 bits per heavy atom. The monoisotopic (exact) mass is 386 g/mol. The molecular weight excluding hydrogens is 352 g/mol. The normalized spacial score (nSPS) is 18.5. The van der Waals surface area contributed by atoms with Gasteiger partial charge in [0.15, 0.2) is 0 Å². The molecular formula is C22H34N4O2. The van der Waals surface area contributed by atoms with Crippen LogP contribution in [-0.4, -0.2) is 63.6 Å². The van der Waals surface area contributed by atoms with E-state index in [4.69, 9.17) is 4.74 Å².